The Morgan fingerprint density at radius 1 is 1.39 bits per heavy atom. The minimum absolute atomic E-state index is 0.873. The number of nitrogens with zero attached hydrogens (tertiary/aromatic N) is 2. The van der Waals surface area contributed by atoms with Crippen molar-refractivity contribution < 1.29 is 0 Å². The summed E-state index contributed by atoms with van der Waals surface area (Å²) >= 11 is 1.88. The van der Waals surface area contributed by atoms with Gasteiger partial charge in [0.15, 0.2) is 5.13 Å². The number of aromatic nitrogens is 1. The molecule has 1 fully saturated rings. The van der Waals surface area contributed by atoms with Gasteiger partial charge in [-0.25, -0.2) is 4.98 Å². The van der Waals surface area contributed by atoms with Crippen LogP contribution in [0.25, 0.3) is 0 Å². The molecule has 1 atom stereocenters. The van der Waals surface area contributed by atoms with Crippen molar-refractivity contribution in [2.45, 2.75) is 46.1 Å². The van der Waals surface area contributed by atoms with Crippen LogP contribution in [0.15, 0.2) is 0 Å². The molecule has 1 N–H and O–H groups in total. The fourth-order valence-corrected chi connectivity index (χ4v) is 3.75. The van der Waals surface area contributed by atoms with Crippen LogP contribution in [0, 0.1) is 5.92 Å². The Labute approximate surface area is 115 Å². The molecule has 0 saturated carbocycles. The Bertz CT molecular complexity index is 375. The molecule has 1 aliphatic rings. The lowest BCUT2D eigenvalue weighted by Gasteiger charge is -2.18. The van der Waals surface area contributed by atoms with E-state index in [9.17, 15) is 0 Å². The smallest absolute Gasteiger partial charge is 0.185 e. The number of thiazole rings is 1. The van der Waals surface area contributed by atoms with Crippen LogP contribution < -0.4 is 10.2 Å². The molecule has 1 aliphatic heterocycles. The summed E-state index contributed by atoms with van der Waals surface area (Å²) in [5, 5.41) is 4.49. The normalized spacial score (nSPS) is 21.1. The van der Waals surface area contributed by atoms with Crippen molar-refractivity contribution in [1.82, 2.24) is 10.3 Å². The maximum Gasteiger partial charge on any atom is 0.185 e. The summed E-state index contributed by atoms with van der Waals surface area (Å²) in [5.41, 5.74) is 1.28. The zero-order valence-electron chi connectivity index (χ0n) is 11.8. The van der Waals surface area contributed by atoms with Crippen LogP contribution in [-0.2, 0) is 13.0 Å². The number of hydrogen-bond donors (Lipinski definition) is 1. The minimum Gasteiger partial charge on any atom is -0.348 e. The zero-order valence-corrected chi connectivity index (χ0v) is 12.6. The van der Waals surface area contributed by atoms with Gasteiger partial charge in [0.25, 0.3) is 0 Å². The Hall–Kier alpha value is -0.610. The second-order valence-electron chi connectivity index (χ2n) is 5.27. The Morgan fingerprint density at radius 2 is 2.22 bits per heavy atom. The van der Waals surface area contributed by atoms with Crippen LogP contribution in [0.5, 0.6) is 0 Å². The van der Waals surface area contributed by atoms with Gasteiger partial charge in [-0.1, -0.05) is 13.8 Å². The van der Waals surface area contributed by atoms with Gasteiger partial charge in [-0.2, -0.15) is 0 Å². The van der Waals surface area contributed by atoms with Crippen molar-refractivity contribution in [3.63, 3.8) is 0 Å². The molecular formula is C14H25N3S. The van der Waals surface area contributed by atoms with Crippen molar-refractivity contribution in [3.8, 4) is 0 Å². The summed E-state index contributed by atoms with van der Waals surface area (Å²) < 4.78 is 0. The molecular weight excluding hydrogens is 242 g/mol. The molecule has 4 heteroatoms. The van der Waals surface area contributed by atoms with E-state index in [1.165, 1.54) is 48.1 Å². The number of anilines is 1. The number of aryl methyl sites for hydroxylation is 1. The molecule has 102 valence electrons. The lowest BCUT2D eigenvalue weighted by molar-refractivity contribution is 0.521. The van der Waals surface area contributed by atoms with E-state index >= 15 is 0 Å². The lowest BCUT2D eigenvalue weighted by atomic mass is 10.0. The molecule has 3 nitrogen and oxygen atoms in total. The van der Waals surface area contributed by atoms with E-state index in [1.807, 2.05) is 18.4 Å². The van der Waals surface area contributed by atoms with Gasteiger partial charge in [-0.15, -0.1) is 11.3 Å². The molecule has 2 heterocycles. The maximum absolute atomic E-state index is 4.84. The molecule has 0 spiro atoms. The summed E-state index contributed by atoms with van der Waals surface area (Å²) in [7, 11) is 2.01. The van der Waals surface area contributed by atoms with Gasteiger partial charge in [0.1, 0.15) is 0 Å². The molecule has 18 heavy (non-hydrogen) atoms. The summed E-state index contributed by atoms with van der Waals surface area (Å²) in [5.74, 6) is 0.873. The maximum atomic E-state index is 4.84. The van der Waals surface area contributed by atoms with Crippen LogP contribution in [0.3, 0.4) is 0 Å². The first-order valence-electron chi connectivity index (χ1n) is 7.12. The van der Waals surface area contributed by atoms with Gasteiger partial charge in [0.2, 0.25) is 0 Å². The summed E-state index contributed by atoms with van der Waals surface area (Å²) in [6.07, 6.45) is 5.02. The highest BCUT2D eigenvalue weighted by Crippen LogP contribution is 2.29. The fraction of sp³-hybridized carbons (Fsp3) is 0.786. The van der Waals surface area contributed by atoms with Gasteiger partial charge < -0.3 is 10.2 Å². The Morgan fingerprint density at radius 3 is 2.94 bits per heavy atom. The van der Waals surface area contributed by atoms with Gasteiger partial charge >= 0.3 is 0 Å². The molecule has 0 bridgehead atoms. The summed E-state index contributed by atoms with van der Waals surface area (Å²) in [4.78, 5) is 8.74. The van der Waals surface area contributed by atoms with Crippen LogP contribution in [0.2, 0.25) is 0 Å². The van der Waals surface area contributed by atoms with Gasteiger partial charge in [-0.05, 0) is 38.6 Å². The fourth-order valence-electron chi connectivity index (χ4n) is 2.53. The highest BCUT2D eigenvalue weighted by Gasteiger charge is 2.18. The van der Waals surface area contributed by atoms with Crippen molar-refractivity contribution in [2.75, 3.05) is 25.0 Å². The van der Waals surface area contributed by atoms with Crippen molar-refractivity contribution in [3.05, 3.63) is 10.6 Å². The molecule has 2 rings (SSSR count). The SMILES string of the molecule is CCc1nc(N2CCCC(C)CC2)sc1CNC. The summed E-state index contributed by atoms with van der Waals surface area (Å²) in [6, 6.07) is 0. The minimum atomic E-state index is 0.873. The highest BCUT2D eigenvalue weighted by molar-refractivity contribution is 7.15. The van der Waals surface area contributed by atoms with E-state index in [0.717, 1.165) is 18.9 Å². The average Bonchev–Trinajstić information content (AvgIpc) is 2.64. The Kier molecular flexibility index (Phi) is 5.01. The van der Waals surface area contributed by atoms with Gasteiger partial charge in [-0.3, -0.25) is 0 Å². The van der Waals surface area contributed by atoms with Crippen LogP contribution in [0.1, 0.15) is 43.7 Å². The molecule has 0 aliphatic carbocycles. The van der Waals surface area contributed by atoms with Gasteiger partial charge in [0, 0.05) is 24.5 Å². The second kappa shape index (κ2) is 6.53. The molecule has 0 radical (unpaired) electrons. The third kappa shape index (κ3) is 3.23. The van der Waals surface area contributed by atoms with Crippen LogP contribution in [0.4, 0.5) is 5.13 Å². The predicted octanol–water partition coefficient (Wildman–Crippen LogP) is 3.05. The molecule has 0 amide bonds. The largest absolute Gasteiger partial charge is 0.348 e. The number of rotatable bonds is 4. The van der Waals surface area contributed by atoms with E-state index in [0.29, 0.717) is 0 Å². The third-order valence-corrected chi connectivity index (χ3v) is 4.88. The topological polar surface area (TPSA) is 28.2 Å². The number of hydrogen-bond acceptors (Lipinski definition) is 4. The van der Waals surface area contributed by atoms with Crippen molar-refractivity contribution >= 4 is 16.5 Å². The third-order valence-electron chi connectivity index (χ3n) is 3.73. The van der Waals surface area contributed by atoms with E-state index in [-0.39, 0.29) is 0 Å². The quantitative estimate of drug-likeness (QED) is 0.909. The van der Waals surface area contributed by atoms with Crippen molar-refractivity contribution in [1.29, 1.82) is 0 Å². The molecule has 1 saturated heterocycles. The highest BCUT2D eigenvalue weighted by atomic mass is 32.1. The first-order chi connectivity index (χ1) is 8.74. The molecule has 1 aromatic heterocycles. The van der Waals surface area contributed by atoms with Gasteiger partial charge in [0.05, 0.1) is 5.69 Å². The van der Waals surface area contributed by atoms with E-state index in [1.54, 1.807) is 0 Å². The summed E-state index contributed by atoms with van der Waals surface area (Å²) in [6.45, 7) is 7.87. The lowest BCUT2D eigenvalue weighted by Crippen LogP contribution is -2.23. The molecule has 1 aromatic rings. The molecule has 1 unspecified atom stereocenters. The van der Waals surface area contributed by atoms with Crippen LogP contribution >= 0.6 is 11.3 Å². The molecule has 0 aromatic carbocycles. The average molecular weight is 267 g/mol. The second-order valence-corrected chi connectivity index (χ2v) is 6.34. The van der Waals surface area contributed by atoms with Crippen LogP contribution in [-0.4, -0.2) is 25.1 Å². The monoisotopic (exact) mass is 267 g/mol. The standard InChI is InChI=1S/C14H25N3S/c1-4-12-13(10-15-3)18-14(16-12)17-8-5-6-11(2)7-9-17/h11,15H,4-10H2,1-3H3. The first kappa shape index (κ1) is 13.8. The van der Waals surface area contributed by atoms with Crippen molar-refractivity contribution in [2.24, 2.45) is 5.92 Å². The zero-order chi connectivity index (χ0) is 13.0. The first-order valence-corrected chi connectivity index (χ1v) is 7.94. The van der Waals surface area contributed by atoms with E-state index in [4.69, 9.17) is 4.98 Å². The van der Waals surface area contributed by atoms with E-state index < -0.39 is 0 Å². The number of nitrogens with one attached hydrogen (secondary N) is 1. The Balaban J connectivity index is 2.11. The predicted molar refractivity (Wildman–Crippen MR) is 79.5 cm³/mol. The van der Waals surface area contributed by atoms with E-state index in [2.05, 4.69) is 24.1 Å².